The van der Waals surface area contributed by atoms with Crippen LogP contribution in [0.25, 0.3) is 0 Å². The summed E-state index contributed by atoms with van der Waals surface area (Å²) < 4.78 is 9.78. The molecule has 0 aromatic carbocycles. The summed E-state index contributed by atoms with van der Waals surface area (Å²) in [5.41, 5.74) is 1.28. The van der Waals surface area contributed by atoms with Crippen LogP contribution in [-0.4, -0.2) is 32.3 Å². The van der Waals surface area contributed by atoms with Gasteiger partial charge in [0.15, 0.2) is 0 Å². The number of aliphatic imine (C=N–C) groups is 1. The first-order chi connectivity index (χ1) is 6.69. The summed E-state index contributed by atoms with van der Waals surface area (Å²) in [5.74, 6) is -0.323. The Morgan fingerprint density at radius 2 is 2.36 bits per heavy atom. The van der Waals surface area contributed by atoms with Gasteiger partial charge in [0.1, 0.15) is 0 Å². The van der Waals surface area contributed by atoms with Crippen LogP contribution in [0.3, 0.4) is 0 Å². The Bertz CT molecular complexity index is 294. The maximum atomic E-state index is 11.4. The van der Waals surface area contributed by atoms with E-state index in [1.807, 2.05) is 0 Å². The molecule has 1 heterocycles. The number of amidine groups is 1. The quantitative estimate of drug-likeness (QED) is 0.654. The van der Waals surface area contributed by atoms with Crippen LogP contribution in [-0.2, 0) is 14.3 Å². The van der Waals surface area contributed by atoms with Crippen LogP contribution in [0, 0.1) is 0 Å². The topological polar surface area (TPSA) is 59.9 Å². The lowest BCUT2D eigenvalue weighted by molar-refractivity contribution is -0.138. The smallest absolute Gasteiger partial charge is 0.337 e. The second kappa shape index (κ2) is 4.64. The molecule has 0 bridgehead atoms. The van der Waals surface area contributed by atoms with E-state index in [0.717, 1.165) is 5.70 Å². The summed E-state index contributed by atoms with van der Waals surface area (Å²) in [6, 6.07) is 0.426. The van der Waals surface area contributed by atoms with Crippen molar-refractivity contribution in [2.75, 3.05) is 20.3 Å². The van der Waals surface area contributed by atoms with Crippen LogP contribution in [0.15, 0.2) is 16.3 Å². The summed E-state index contributed by atoms with van der Waals surface area (Å²) in [6.45, 7) is 4.24. The molecule has 0 unspecified atom stereocenters. The molecule has 0 spiro atoms. The zero-order valence-corrected chi connectivity index (χ0v) is 8.59. The number of methoxy groups -OCH3 is 1. The van der Waals surface area contributed by atoms with Crippen molar-refractivity contribution < 1.29 is 14.3 Å². The second-order valence-corrected chi connectivity index (χ2v) is 2.77. The first-order valence-electron chi connectivity index (χ1n) is 4.41. The number of nitrogens with zero attached hydrogens (tertiary/aromatic N) is 1. The molecule has 0 amide bonds. The zero-order valence-electron chi connectivity index (χ0n) is 8.59. The number of allylic oxidation sites excluding steroid dienone is 1. The fraction of sp³-hybridized carbons (Fsp3) is 0.556. The van der Waals surface area contributed by atoms with E-state index in [-0.39, 0.29) is 5.97 Å². The molecule has 1 N–H and O–H groups in total. The highest BCUT2D eigenvalue weighted by molar-refractivity contribution is 5.92. The van der Waals surface area contributed by atoms with Gasteiger partial charge < -0.3 is 14.8 Å². The minimum absolute atomic E-state index is 0.306. The molecule has 0 radical (unpaired) electrons. The molecule has 0 aromatic heterocycles. The van der Waals surface area contributed by atoms with Gasteiger partial charge in [-0.2, -0.15) is 0 Å². The molecule has 78 valence electrons. The minimum atomic E-state index is -0.323. The average Bonchev–Trinajstić information content (AvgIpc) is 2.17. The molecule has 0 aliphatic carbocycles. The number of carbonyl (C=O) groups is 1. The van der Waals surface area contributed by atoms with Gasteiger partial charge in [-0.15, -0.1) is 0 Å². The number of hydrogen-bond acceptors (Lipinski definition) is 5. The Balaban J connectivity index is 2.68. The summed E-state index contributed by atoms with van der Waals surface area (Å²) in [5, 5.41) is 2.86. The molecule has 1 aliphatic heterocycles. The van der Waals surface area contributed by atoms with E-state index in [2.05, 4.69) is 10.3 Å². The molecule has 1 aliphatic rings. The van der Waals surface area contributed by atoms with Gasteiger partial charge in [-0.25, -0.2) is 9.79 Å². The fourth-order valence-corrected chi connectivity index (χ4v) is 1.10. The lowest BCUT2D eigenvalue weighted by Gasteiger charge is -2.17. The fourth-order valence-electron chi connectivity index (χ4n) is 1.10. The van der Waals surface area contributed by atoms with Crippen molar-refractivity contribution in [2.24, 2.45) is 4.99 Å². The average molecular weight is 198 g/mol. The number of nitrogens with one attached hydrogen (secondary N) is 1. The molecule has 14 heavy (non-hydrogen) atoms. The van der Waals surface area contributed by atoms with Crippen molar-refractivity contribution in [3.05, 3.63) is 11.3 Å². The van der Waals surface area contributed by atoms with Crippen molar-refractivity contribution in [3.63, 3.8) is 0 Å². The van der Waals surface area contributed by atoms with Crippen molar-refractivity contribution in [2.45, 2.75) is 13.8 Å². The van der Waals surface area contributed by atoms with Gasteiger partial charge in [0, 0.05) is 5.70 Å². The minimum Gasteiger partial charge on any atom is -0.468 e. The van der Waals surface area contributed by atoms with Crippen LogP contribution in [0.2, 0.25) is 0 Å². The van der Waals surface area contributed by atoms with Gasteiger partial charge in [-0.3, -0.25) is 0 Å². The highest BCUT2D eigenvalue weighted by atomic mass is 16.5. The monoisotopic (exact) mass is 198 g/mol. The Morgan fingerprint density at radius 3 is 2.86 bits per heavy atom. The molecular formula is C9H14N2O3. The first kappa shape index (κ1) is 10.6. The predicted molar refractivity (Wildman–Crippen MR) is 51.8 cm³/mol. The number of carbonyl (C=O) groups excluding carboxylic acids is 1. The maximum absolute atomic E-state index is 11.4. The van der Waals surface area contributed by atoms with E-state index in [4.69, 9.17) is 9.47 Å². The third-order valence-corrected chi connectivity index (χ3v) is 1.84. The van der Waals surface area contributed by atoms with Crippen LogP contribution < -0.4 is 5.32 Å². The molecule has 0 fully saturated rings. The molecular weight excluding hydrogens is 184 g/mol. The van der Waals surface area contributed by atoms with E-state index < -0.39 is 0 Å². The Kier molecular flexibility index (Phi) is 3.50. The van der Waals surface area contributed by atoms with E-state index in [0.29, 0.717) is 24.7 Å². The number of hydrogen-bond donors (Lipinski definition) is 1. The maximum Gasteiger partial charge on any atom is 0.337 e. The normalized spacial score (nSPS) is 15.8. The molecule has 5 nitrogen and oxygen atoms in total. The van der Waals surface area contributed by atoms with E-state index in [1.54, 1.807) is 13.8 Å². The van der Waals surface area contributed by atoms with Crippen LogP contribution in [0.5, 0.6) is 0 Å². The van der Waals surface area contributed by atoms with Gasteiger partial charge in [-0.1, -0.05) is 0 Å². The third kappa shape index (κ3) is 2.25. The Morgan fingerprint density at radius 1 is 1.64 bits per heavy atom. The van der Waals surface area contributed by atoms with E-state index in [9.17, 15) is 4.79 Å². The summed E-state index contributed by atoms with van der Waals surface area (Å²) in [4.78, 5) is 15.4. The molecule has 0 atom stereocenters. The lowest BCUT2D eigenvalue weighted by Crippen LogP contribution is -2.31. The van der Waals surface area contributed by atoms with E-state index >= 15 is 0 Å². The highest BCUT2D eigenvalue weighted by Gasteiger charge is 2.18. The molecule has 0 aromatic rings. The van der Waals surface area contributed by atoms with Crippen molar-refractivity contribution in [3.8, 4) is 0 Å². The molecule has 1 rings (SSSR count). The van der Waals surface area contributed by atoms with Gasteiger partial charge in [0.05, 0.1) is 25.8 Å². The van der Waals surface area contributed by atoms with Gasteiger partial charge in [-0.05, 0) is 13.8 Å². The standard InChI is InChI=1S/C9H14N2O3/c1-4-14-8(12)7-5-10-9(13-3)11-6(7)2/h4-5H2,1-3H3,(H,10,11). The highest BCUT2D eigenvalue weighted by Crippen LogP contribution is 2.09. The van der Waals surface area contributed by atoms with Gasteiger partial charge in [0.25, 0.3) is 6.02 Å². The number of ether oxygens (including phenoxy) is 2. The summed E-state index contributed by atoms with van der Waals surface area (Å²) >= 11 is 0. The molecule has 0 saturated carbocycles. The van der Waals surface area contributed by atoms with Crippen LogP contribution in [0.1, 0.15) is 13.8 Å². The molecule has 5 heteroatoms. The van der Waals surface area contributed by atoms with Gasteiger partial charge in [0.2, 0.25) is 0 Å². The van der Waals surface area contributed by atoms with Crippen LogP contribution >= 0.6 is 0 Å². The third-order valence-electron chi connectivity index (χ3n) is 1.84. The summed E-state index contributed by atoms with van der Waals surface area (Å²) in [7, 11) is 1.52. The van der Waals surface area contributed by atoms with Gasteiger partial charge >= 0.3 is 5.97 Å². The summed E-state index contributed by atoms with van der Waals surface area (Å²) in [6.07, 6.45) is 0. The predicted octanol–water partition coefficient (Wildman–Crippen LogP) is 0.429. The van der Waals surface area contributed by atoms with Crippen molar-refractivity contribution in [1.29, 1.82) is 0 Å². The largest absolute Gasteiger partial charge is 0.468 e. The Labute approximate surface area is 82.8 Å². The zero-order chi connectivity index (χ0) is 10.6. The lowest BCUT2D eigenvalue weighted by atomic mass is 10.2. The molecule has 0 saturated heterocycles. The SMILES string of the molecule is CCOC(=O)C1=C(C)NC(OC)=NC1. The number of esters is 1. The van der Waals surface area contributed by atoms with Crippen LogP contribution in [0.4, 0.5) is 0 Å². The first-order valence-corrected chi connectivity index (χ1v) is 4.41. The number of rotatable bonds is 2. The van der Waals surface area contributed by atoms with E-state index in [1.165, 1.54) is 7.11 Å². The second-order valence-electron chi connectivity index (χ2n) is 2.77. The van der Waals surface area contributed by atoms with Crippen molar-refractivity contribution in [1.82, 2.24) is 5.32 Å². The Hall–Kier alpha value is -1.52. The van der Waals surface area contributed by atoms with Crippen molar-refractivity contribution >= 4 is 12.0 Å².